The molecule has 10 heteroatoms. The van der Waals surface area contributed by atoms with Crippen molar-refractivity contribution in [3.8, 4) is 5.75 Å². The van der Waals surface area contributed by atoms with Crippen molar-refractivity contribution in [2.45, 2.75) is 19.3 Å². The second kappa shape index (κ2) is 10.5. The van der Waals surface area contributed by atoms with Gasteiger partial charge in [-0.2, -0.15) is 5.10 Å². The summed E-state index contributed by atoms with van der Waals surface area (Å²) in [5.74, 6) is 1.47. The summed E-state index contributed by atoms with van der Waals surface area (Å²) in [4.78, 5) is 21.7. The lowest BCUT2D eigenvalue weighted by Gasteiger charge is -2.14. The molecule has 0 spiro atoms. The number of primary amides is 1. The molecule has 0 aliphatic heterocycles. The fourth-order valence-corrected chi connectivity index (χ4v) is 3.01. The van der Waals surface area contributed by atoms with Gasteiger partial charge in [-0.3, -0.25) is 9.89 Å². The Kier molecular flexibility index (Phi) is 7.52. The van der Waals surface area contributed by atoms with Crippen molar-refractivity contribution in [2.75, 3.05) is 38.7 Å². The zero-order valence-electron chi connectivity index (χ0n) is 17.0. The summed E-state index contributed by atoms with van der Waals surface area (Å²) in [6, 6.07) is 7.38. The van der Waals surface area contributed by atoms with Crippen LogP contribution in [0.3, 0.4) is 0 Å². The SMILES string of the molecule is CN(CCO)CCCCOc1ccc2c(Nc3cc(CC(N)=O)[nH]n3)ncnc2c1. The van der Waals surface area contributed by atoms with Crippen molar-refractivity contribution in [1.82, 2.24) is 25.1 Å². The van der Waals surface area contributed by atoms with Crippen molar-refractivity contribution in [3.63, 3.8) is 0 Å². The first-order valence-corrected chi connectivity index (χ1v) is 9.81. The average Bonchev–Trinajstić information content (AvgIpc) is 3.14. The highest BCUT2D eigenvalue weighted by Gasteiger charge is 2.09. The van der Waals surface area contributed by atoms with E-state index in [0.717, 1.165) is 36.0 Å². The summed E-state index contributed by atoms with van der Waals surface area (Å²) >= 11 is 0. The van der Waals surface area contributed by atoms with Gasteiger partial charge in [0.05, 0.1) is 25.2 Å². The van der Waals surface area contributed by atoms with Crippen LogP contribution in [0.15, 0.2) is 30.6 Å². The van der Waals surface area contributed by atoms with Crippen LogP contribution < -0.4 is 15.8 Å². The van der Waals surface area contributed by atoms with Gasteiger partial charge in [-0.15, -0.1) is 0 Å². The standard InChI is InChI=1S/C20H27N7O3/c1-27(7-8-28)6-2-3-9-30-15-4-5-16-17(12-15)22-13-23-20(16)24-19-11-14(25-26-19)10-18(21)29/h4-5,11-13,28H,2-3,6-10H2,1H3,(H2,21,29)(H2,22,23,24,25,26). The third kappa shape index (κ3) is 6.13. The first kappa shape index (κ1) is 21.5. The number of hydrogen-bond donors (Lipinski definition) is 4. The van der Waals surface area contributed by atoms with E-state index in [0.29, 0.717) is 30.5 Å². The molecule has 0 fully saturated rings. The Bertz CT molecular complexity index is 976. The van der Waals surface area contributed by atoms with Gasteiger partial charge in [0.15, 0.2) is 5.82 Å². The number of amides is 1. The molecule has 0 bridgehead atoms. The van der Waals surface area contributed by atoms with Gasteiger partial charge >= 0.3 is 0 Å². The smallest absolute Gasteiger partial charge is 0.223 e. The Hall–Kier alpha value is -3.24. The van der Waals surface area contributed by atoms with Crippen molar-refractivity contribution in [2.24, 2.45) is 5.73 Å². The number of nitrogens with zero attached hydrogens (tertiary/aromatic N) is 4. The van der Waals surface area contributed by atoms with Crippen LogP contribution in [0, 0.1) is 0 Å². The summed E-state index contributed by atoms with van der Waals surface area (Å²) in [6.45, 7) is 2.41. The Balaban J connectivity index is 1.58. The van der Waals surface area contributed by atoms with E-state index in [1.807, 2.05) is 25.2 Å². The Morgan fingerprint density at radius 1 is 1.27 bits per heavy atom. The Labute approximate surface area is 174 Å². The molecule has 1 amide bonds. The predicted octanol–water partition coefficient (Wildman–Crippen LogP) is 1.21. The minimum atomic E-state index is -0.428. The minimum absolute atomic E-state index is 0.0949. The molecular weight excluding hydrogens is 386 g/mol. The third-order valence-corrected chi connectivity index (χ3v) is 4.53. The number of aliphatic hydroxyl groups is 1. The topological polar surface area (TPSA) is 142 Å². The molecule has 3 rings (SSSR count). The number of rotatable bonds is 12. The number of aromatic amines is 1. The normalized spacial score (nSPS) is 11.2. The zero-order chi connectivity index (χ0) is 21.3. The first-order valence-electron chi connectivity index (χ1n) is 9.81. The van der Waals surface area contributed by atoms with E-state index >= 15 is 0 Å². The number of ether oxygens (including phenoxy) is 1. The van der Waals surface area contributed by atoms with Crippen LogP contribution in [0.5, 0.6) is 5.75 Å². The van der Waals surface area contributed by atoms with E-state index in [4.69, 9.17) is 15.6 Å². The number of benzene rings is 1. The second-order valence-corrected chi connectivity index (χ2v) is 7.03. The molecule has 2 aromatic heterocycles. The summed E-state index contributed by atoms with van der Waals surface area (Å²) in [7, 11) is 1.99. The maximum absolute atomic E-state index is 11.0. The number of unbranched alkanes of at least 4 members (excludes halogenated alkanes) is 1. The van der Waals surface area contributed by atoms with Gasteiger partial charge in [-0.1, -0.05) is 0 Å². The lowest BCUT2D eigenvalue weighted by molar-refractivity contribution is -0.117. The van der Waals surface area contributed by atoms with Crippen LogP contribution in [-0.2, 0) is 11.2 Å². The van der Waals surface area contributed by atoms with Crippen LogP contribution in [0.4, 0.5) is 11.6 Å². The number of aliphatic hydroxyl groups excluding tert-OH is 1. The van der Waals surface area contributed by atoms with E-state index < -0.39 is 5.91 Å². The number of anilines is 2. The lowest BCUT2D eigenvalue weighted by Crippen LogP contribution is -2.23. The largest absolute Gasteiger partial charge is 0.494 e. The second-order valence-electron chi connectivity index (χ2n) is 7.03. The minimum Gasteiger partial charge on any atom is -0.494 e. The molecule has 0 radical (unpaired) electrons. The maximum atomic E-state index is 11.0. The summed E-state index contributed by atoms with van der Waals surface area (Å²) in [5, 5.41) is 19.8. The first-order chi connectivity index (χ1) is 14.5. The van der Waals surface area contributed by atoms with Gasteiger partial charge in [-0.25, -0.2) is 9.97 Å². The van der Waals surface area contributed by atoms with Crippen molar-refractivity contribution < 1.29 is 14.6 Å². The van der Waals surface area contributed by atoms with Gasteiger partial charge in [0, 0.05) is 29.8 Å². The number of likely N-dealkylation sites (N-methyl/N-ethyl adjacent to an activating group) is 1. The number of nitrogens with one attached hydrogen (secondary N) is 2. The van der Waals surface area contributed by atoms with Gasteiger partial charge in [0.25, 0.3) is 0 Å². The van der Waals surface area contributed by atoms with Gasteiger partial charge in [0.2, 0.25) is 5.91 Å². The summed E-state index contributed by atoms with van der Waals surface area (Å²) in [6.07, 6.45) is 3.50. The van der Waals surface area contributed by atoms with Gasteiger partial charge in [0.1, 0.15) is 17.9 Å². The number of carbonyl (C=O) groups is 1. The highest BCUT2D eigenvalue weighted by atomic mass is 16.5. The molecule has 2 heterocycles. The zero-order valence-corrected chi connectivity index (χ0v) is 17.0. The van der Waals surface area contributed by atoms with Crippen LogP contribution in [-0.4, -0.2) is 69.4 Å². The molecule has 0 aliphatic carbocycles. The number of nitrogens with two attached hydrogens (primary N) is 1. The van der Waals surface area contributed by atoms with E-state index in [1.165, 1.54) is 6.33 Å². The number of hydrogen-bond acceptors (Lipinski definition) is 8. The number of fused-ring (bicyclic) bond motifs is 1. The fraction of sp³-hybridized carbons (Fsp3) is 0.400. The monoisotopic (exact) mass is 413 g/mol. The molecule has 5 N–H and O–H groups in total. The quantitative estimate of drug-likeness (QED) is 0.325. The summed E-state index contributed by atoms with van der Waals surface area (Å²) < 4.78 is 5.84. The number of carbonyl (C=O) groups excluding carboxylic acids is 1. The molecule has 0 saturated carbocycles. The third-order valence-electron chi connectivity index (χ3n) is 4.53. The molecule has 0 atom stereocenters. The number of H-pyrrole nitrogens is 1. The van der Waals surface area contributed by atoms with E-state index in [2.05, 4.69) is 30.4 Å². The van der Waals surface area contributed by atoms with Crippen molar-refractivity contribution >= 4 is 28.4 Å². The Morgan fingerprint density at radius 2 is 2.13 bits per heavy atom. The van der Waals surface area contributed by atoms with Gasteiger partial charge < -0.3 is 25.8 Å². The van der Waals surface area contributed by atoms with Gasteiger partial charge in [-0.05, 0) is 38.6 Å². The van der Waals surface area contributed by atoms with Crippen LogP contribution in [0.1, 0.15) is 18.5 Å². The molecule has 3 aromatic rings. The van der Waals surface area contributed by atoms with Crippen molar-refractivity contribution in [1.29, 1.82) is 0 Å². The van der Waals surface area contributed by atoms with Crippen LogP contribution in [0.2, 0.25) is 0 Å². The molecule has 0 saturated heterocycles. The van der Waals surface area contributed by atoms with Crippen LogP contribution >= 0.6 is 0 Å². The summed E-state index contributed by atoms with van der Waals surface area (Å²) in [5.41, 5.74) is 6.58. The molecule has 0 aliphatic rings. The highest BCUT2D eigenvalue weighted by molar-refractivity contribution is 5.91. The molecule has 160 valence electrons. The predicted molar refractivity (Wildman–Crippen MR) is 114 cm³/mol. The maximum Gasteiger partial charge on any atom is 0.223 e. The van der Waals surface area contributed by atoms with E-state index in [9.17, 15) is 4.79 Å². The fourth-order valence-electron chi connectivity index (χ4n) is 3.01. The van der Waals surface area contributed by atoms with Crippen LogP contribution in [0.25, 0.3) is 10.9 Å². The van der Waals surface area contributed by atoms with Crippen molar-refractivity contribution in [3.05, 3.63) is 36.3 Å². The van der Waals surface area contributed by atoms with E-state index in [1.54, 1.807) is 6.07 Å². The molecule has 1 aromatic carbocycles. The Morgan fingerprint density at radius 3 is 2.93 bits per heavy atom. The molecule has 0 unspecified atom stereocenters. The molecule has 10 nitrogen and oxygen atoms in total. The average molecular weight is 413 g/mol. The van der Waals surface area contributed by atoms with E-state index in [-0.39, 0.29) is 13.0 Å². The highest BCUT2D eigenvalue weighted by Crippen LogP contribution is 2.26. The lowest BCUT2D eigenvalue weighted by atomic mass is 10.2. The molecule has 30 heavy (non-hydrogen) atoms. The molecular formula is C20H27N7O3. The number of aromatic nitrogens is 4.